The molecule has 2 heteroatoms. The summed E-state index contributed by atoms with van der Waals surface area (Å²) in [6.07, 6.45) is 12.1. The molecular weight excluding hydrogens is 208 g/mol. The third-order valence-electron chi connectivity index (χ3n) is 3.90. The zero-order valence-corrected chi connectivity index (χ0v) is 11.6. The molecule has 0 bridgehead atoms. The molecule has 0 aromatic heterocycles. The van der Waals surface area contributed by atoms with Gasteiger partial charge in [0.25, 0.3) is 0 Å². The minimum atomic E-state index is -0.251. The van der Waals surface area contributed by atoms with Gasteiger partial charge in [-0.15, -0.1) is 0 Å². The zero-order chi connectivity index (χ0) is 12.6. The van der Waals surface area contributed by atoms with Crippen molar-refractivity contribution in [1.82, 2.24) is 5.32 Å². The van der Waals surface area contributed by atoms with Crippen LogP contribution < -0.4 is 5.32 Å². The number of rotatable bonds is 6. The van der Waals surface area contributed by atoms with Crippen molar-refractivity contribution >= 4 is 0 Å². The molecule has 2 nitrogen and oxygen atoms in total. The van der Waals surface area contributed by atoms with Crippen molar-refractivity contribution < 1.29 is 0 Å². The number of hydrogen-bond acceptors (Lipinski definition) is 2. The largest absolute Gasteiger partial charge is 0.297 e. The molecule has 0 spiro atoms. The Morgan fingerprint density at radius 2 is 1.59 bits per heavy atom. The van der Waals surface area contributed by atoms with Crippen LogP contribution in [-0.4, -0.2) is 11.6 Å². The van der Waals surface area contributed by atoms with E-state index in [-0.39, 0.29) is 5.54 Å². The third kappa shape index (κ3) is 4.68. The number of nitrogens with zero attached hydrogens (tertiary/aromatic N) is 1. The normalized spacial score (nSPS) is 18.6. The van der Waals surface area contributed by atoms with Crippen LogP contribution in [0, 0.1) is 11.3 Å². The molecule has 0 aliphatic heterocycles. The fraction of sp³-hybridized carbons (Fsp3) is 0.933. The van der Waals surface area contributed by atoms with Gasteiger partial charge in [0.05, 0.1) is 6.07 Å². The smallest absolute Gasteiger partial charge is 0.106 e. The third-order valence-corrected chi connectivity index (χ3v) is 3.90. The van der Waals surface area contributed by atoms with Gasteiger partial charge in [-0.2, -0.15) is 5.26 Å². The molecule has 1 saturated carbocycles. The molecule has 1 aliphatic carbocycles. The summed E-state index contributed by atoms with van der Waals surface area (Å²) in [5.41, 5.74) is -0.251. The molecule has 0 amide bonds. The Hall–Kier alpha value is -0.550. The topological polar surface area (TPSA) is 35.8 Å². The SMILES string of the molecule is CCCC(C#N)(CCC)NC1CCCCCC1. The summed E-state index contributed by atoms with van der Waals surface area (Å²) >= 11 is 0. The summed E-state index contributed by atoms with van der Waals surface area (Å²) in [6, 6.07) is 3.15. The van der Waals surface area contributed by atoms with Gasteiger partial charge in [0, 0.05) is 6.04 Å². The maximum atomic E-state index is 9.53. The Kier molecular flexibility index (Phi) is 6.58. The van der Waals surface area contributed by atoms with Gasteiger partial charge < -0.3 is 0 Å². The van der Waals surface area contributed by atoms with Crippen molar-refractivity contribution in [3.63, 3.8) is 0 Å². The van der Waals surface area contributed by atoms with Crippen LogP contribution in [0.15, 0.2) is 0 Å². The van der Waals surface area contributed by atoms with Gasteiger partial charge >= 0.3 is 0 Å². The lowest BCUT2D eigenvalue weighted by Crippen LogP contribution is -2.49. The van der Waals surface area contributed by atoms with E-state index in [1.807, 2.05) is 0 Å². The minimum absolute atomic E-state index is 0.251. The van der Waals surface area contributed by atoms with E-state index < -0.39 is 0 Å². The van der Waals surface area contributed by atoms with Crippen LogP contribution in [0.2, 0.25) is 0 Å². The van der Waals surface area contributed by atoms with Gasteiger partial charge in [-0.25, -0.2) is 0 Å². The van der Waals surface area contributed by atoms with Gasteiger partial charge in [-0.1, -0.05) is 52.4 Å². The van der Waals surface area contributed by atoms with Crippen LogP contribution in [0.1, 0.15) is 78.1 Å². The molecule has 0 heterocycles. The second-order valence-corrected chi connectivity index (χ2v) is 5.53. The standard InChI is InChI=1S/C15H28N2/c1-3-11-15(13-16,12-4-2)17-14-9-7-5-6-8-10-14/h14,17H,3-12H2,1-2H3. The zero-order valence-electron chi connectivity index (χ0n) is 11.6. The second-order valence-electron chi connectivity index (χ2n) is 5.53. The predicted octanol–water partition coefficient (Wildman–Crippen LogP) is 4.16. The average Bonchev–Trinajstić information content (AvgIpc) is 2.58. The van der Waals surface area contributed by atoms with E-state index in [0.717, 1.165) is 25.7 Å². The molecule has 0 aromatic rings. The van der Waals surface area contributed by atoms with Gasteiger partial charge in [0.2, 0.25) is 0 Å². The first kappa shape index (κ1) is 14.5. The van der Waals surface area contributed by atoms with Gasteiger partial charge in [-0.05, 0) is 25.7 Å². The highest BCUT2D eigenvalue weighted by atomic mass is 15.0. The molecule has 1 N–H and O–H groups in total. The first-order valence-electron chi connectivity index (χ1n) is 7.45. The molecule has 1 fully saturated rings. The molecule has 1 rings (SSSR count). The molecular formula is C15H28N2. The van der Waals surface area contributed by atoms with Crippen molar-refractivity contribution in [3.8, 4) is 6.07 Å². The lowest BCUT2D eigenvalue weighted by Gasteiger charge is -2.32. The first-order valence-corrected chi connectivity index (χ1v) is 7.45. The fourth-order valence-corrected chi connectivity index (χ4v) is 3.08. The van der Waals surface area contributed by atoms with Crippen LogP contribution in [-0.2, 0) is 0 Å². The molecule has 17 heavy (non-hydrogen) atoms. The summed E-state index contributed by atoms with van der Waals surface area (Å²) in [6.45, 7) is 4.35. The van der Waals surface area contributed by atoms with E-state index >= 15 is 0 Å². The van der Waals surface area contributed by atoms with E-state index in [4.69, 9.17) is 0 Å². The molecule has 0 aromatic carbocycles. The highest BCUT2D eigenvalue weighted by molar-refractivity contribution is 5.07. The lowest BCUT2D eigenvalue weighted by molar-refractivity contribution is 0.293. The molecule has 98 valence electrons. The summed E-state index contributed by atoms with van der Waals surface area (Å²) < 4.78 is 0. The van der Waals surface area contributed by atoms with Gasteiger partial charge in [0.1, 0.15) is 5.54 Å². The van der Waals surface area contributed by atoms with Crippen molar-refractivity contribution in [1.29, 1.82) is 5.26 Å². The minimum Gasteiger partial charge on any atom is -0.297 e. The number of nitrogens with one attached hydrogen (secondary N) is 1. The molecule has 0 radical (unpaired) electrons. The maximum absolute atomic E-state index is 9.53. The van der Waals surface area contributed by atoms with E-state index in [1.54, 1.807) is 0 Å². The lowest BCUT2D eigenvalue weighted by atomic mass is 9.88. The van der Waals surface area contributed by atoms with E-state index in [2.05, 4.69) is 25.2 Å². The fourth-order valence-electron chi connectivity index (χ4n) is 3.08. The molecule has 0 saturated heterocycles. The van der Waals surface area contributed by atoms with Crippen molar-refractivity contribution in [2.24, 2.45) is 0 Å². The Morgan fingerprint density at radius 3 is 2.00 bits per heavy atom. The highest BCUT2D eigenvalue weighted by Crippen LogP contribution is 2.24. The quantitative estimate of drug-likeness (QED) is 0.703. The van der Waals surface area contributed by atoms with Crippen LogP contribution in [0.5, 0.6) is 0 Å². The van der Waals surface area contributed by atoms with Crippen LogP contribution >= 0.6 is 0 Å². The Bertz CT molecular complexity index is 228. The van der Waals surface area contributed by atoms with E-state index in [9.17, 15) is 5.26 Å². The Balaban J connectivity index is 2.59. The summed E-state index contributed by atoms with van der Waals surface area (Å²) in [5.74, 6) is 0. The average molecular weight is 236 g/mol. The van der Waals surface area contributed by atoms with Crippen LogP contribution in [0.4, 0.5) is 0 Å². The van der Waals surface area contributed by atoms with Crippen molar-refractivity contribution in [3.05, 3.63) is 0 Å². The molecule has 1 aliphatic rings. The summed E-state index contributed by atoms with van der Waals surface area (Å²) in [5, 5.41) is 13.2. The number of hydrogen-bond donors (Lipinski definition) is 1. The second kappa shape index (κ2) is 7.71. The van der Waals surface area contributed by atoms with Crippen LogP contribution in [0.25, 0.3) is 0 Å². The van der Waals surface area contributed by atoms with Crippen molar-refractivity contribution in [2.45, 2.75) is 89.6 Å². The van der Waals surface area contributed by atoms with E-state index in [0.29, 0.717) is 6.04 Å². The summed E-state index contributed by atoms with van der Waals surface area (Å²) in [7, 11) is 0. The van der Waals surface area contributed by atoms with Crippen molar-refractivity contribution in [2.75, 3.05) is 0 Å². The maximum Gasteiger partial charge on any atom is 0.106 e. The Labute approximate surface area is 107 Å². The van der Waals surface area contributed by atoms with E-state index in [1.165, 1.54) is 38.5 Å². The first-order chi connectivity index (χ1) is 8.26. The van der Waals surface area contributed by atoms with Crippen LogP contribution in [0.3, 0.4) is 0 Å². The summed E-state index contributed by atoms with van der Waals surface area (Å²) in [4.78, 5) is 0. The highest BCUT2D eigenvalue weighted by Gasteiger charge is 2.30. The Morgan fingerprint density at radius 1 is 1.06 bits per heavy atom. The molecule has 0 atom stereocenters. The number of nitriles is 1. The molecule has 0 unspecified atom stereocenters. The monoisotopic (exact) mass is 236 g/mol. The predicted molar refractivity (Wildman–Crippen MR) is 72.8 cm³/mol. The van der Waals surface area contributed by atoms with Gasteiger partial charge in [-0.3, -0.25) is 5.32 Å². The van der Waals surface area contributed by atoms with Gasteiger partial charge in [0.15, 0.2) is 0 Å².